The summed E-state index contributed by atoms with van der Waals surface area (Å²) in [4.78, 5) is 0. The molecule has 1 aliphatic rings. The fraction of sp³-hybridized carbons (Fsp3) is 0.538. The van der Waals surface area contributed by atoms with Gasteiger partial charge in [0, 0.05) is 17.0 Å². The summed E-state index contributed by atoms with van der Waals surface area (Å²) in [5.41, 5.74) is 3.36. The van der Waals surface area contributed by atoms with Crippen molar-refractivity contribution in [1.82, 2.24) is 5.43 Å². The molecule has 0 aromatic heterocycles. The Labute approximate surface area is 111 Å². The molecule has 0 saturated carbocycles. The van der Waals surface area contributed by atoms with Crippen LogP contribution in [0.2, 0.25) is 5.02 Å². The van der Waals surface area contributed by atoms with Gasteiger partial charge in [0.05, 0.1) is 12.7 Å². The highest BCUT2D eigenvalue weighted by Gasteiger charge is 2.29. The molecular formula is C13H18ClFN2O. The van der Waals surface area contributed by atoms with Crippen LogP contribution in [-0.4, -0.2) is 18.8 Å². The van der Waals surface area contributed by atoms with Crippen molar-refractivity contribution in [2.75, 3.05) is 6.61 Å². The zero-order chi connectivity index (χ0) is 13.1. The maximum Gasteiger partial charge on any atom is 0.126 e. The third-order valence-electron chi connectivity index (χ3n) is 3.46. The van der Waals surface area contributed by atoms with Gasteiger partial charge in [-0.2, -0.15) is 0 Å². The first-order chi connectivity index (χ1) is 8.60. The van der Waals surface area contributed by atoms with Gasteiger partial charge in [-0.1, -0.05) is 11.6 Å². The monoisotopic (exact) mass is 272 g/mol. The summed E-state index contributed by atoms with van der Waals surface area (Å²) in [5.74, 6) is 5.64. The van der Waals surface area contributed by atoms with Crippen LogP contribution in [0.3, 0.4) is 0 Å². The average molecular weight is 273 g/mol. The van der Waals surface area contributed by atoms with E-state index >= 15 is 0 Å². The molecule has 1 aromatic carbocycles. The molecule has 1 saturated heterocycles. The van der Waals surface area contributed by atoms with Crippen LogP contribution in [-0.2, 0) is 11.2 Å². The van der Waals surface area contributed by atoms with Gasteiger partial charge in [0.25, 0.3) is 0 Å². The van der Waals surface area contributed by atoms with Crippen LogP contribution in [0.1, 0.15) is 18.9 Å². The predicted molar refractivity (Wildman–Crippen MR) is 69.7 cm³/mol. The Morgan fingerprint density at radius 2 is 2.39 bits per heavy atom. The second-order valence-electron chi connectivity index (χ2n) is 4.85. The maximum atomic E-state index is 13.7. The number of halogens is 2. The molecule has 1 aliphatic heterocycles. The molecule has 2 rings (SSSR count). The van der Waals surface area contributed by atoms with E-state index in [1.165, 1.54) is 6.07 Å². The van der Waals surface area contributed by atoms with Gasteiger partial charge in [0.15, 0.2) is 0 Å². The lowest BCUT2D eigenvalue weighted by Gasteiger charge is -2.22. The molecule has 0 radical (unpaired) electrons. The lowest BCUT2D eigenvalue weighted by atomic mass is 9.92. The number of hydrazine groups is 1. The number of ether oxygens (including phenoxy) is 1. The van der Waals surface area contributed by atoms with Gasteiger partial charge >= 0.3 is 0 Å². The van der Waals surface area contributed by atoms with Gasteiger partial charge < -0.3 is 4.74 Å². The second-order valence-corrected chi connectivity index (χ2v) is 5.29. The first-order valence-electron chi connectivity index (χ1n) is 6.11. The second kappa shape index (κ2) is 5.97. The summed E-state index contributed by atoms with van der Waals surface area (Å²) in [6.07, 6.45) is 1.70. The Kier molecular flexibility index (Phi) is 4.56. The summed E-state index contributed by atoms with van der Waals surface area (Å²) < 4.78 is 19.2. The zero-order valence-electron chi connectivity index (χ0n) is 10.3. The van der Waals surface area contributed by atoms with Crippen LogP contribution < -0.4 is 11.3 Å². The van der Waals surface area contributed by atoms with Crippen molar-refractivity contribution >= 4 is 11.6 Å². The normalized spacial score (nSPS) is 25.3. The Morgan fingerprint density at radius 1 is 1.61 bits per heavy atom. The van der Waals surface area contributed by atoms with Crippen molar-refractivity contribution < 1.29 is 9.13 Å². The Morgan fingerprint density at radius 3 is 3.00 bits per heavy atom. The highest BCUT2D eigenvalue weighted by Crippen LogP contribution is 2.25. The summed E-state index contributed by atoms with van der Waals surface area (Å²) in [5, 5.41) is 0.540. The van der Waals surface area contributed by atoms with E-state index in [2.05, 4.69) is 5.43 Å². The molecule has 0 aliphatic carbocycles. The van der Waals surface area contributed by atoms with Gasteiger partial charge in [-0.3, -0.25) is 11.3 Å². The highest BCUT2D eigenvalue weighted by molar-refractivity contribution is 6.30. The van der Waals surface area contributed by atoms with Crippen LogP contribution in [0, 0.1) is 11.7 Å². The van der Waals surface area contributed by atoms with E-state index in [-0.39, 0.29) is 18.0 Å². The van der Waals surface area contributed by atoms with Gasteiger partial charge in [0.1, 0.15) is 5.82 Å². The molecule has 3 nitrogen and oxygen atoms in total. The molecule has 3 unspecified atom stereocenters. The molecule has 5 heteroatoms. The van der Waals surface area contributed by atoms with E-state index in [9.17, 15) is 4.39 Å². The lowest BCUT2D eigenvalue weighted by Crippen LogP contribution is -2.43. The van der Waals surface area contributed by atoms with Gasteiger partial charge in [-0.05, 0) is 43.5 Å². The van der Waals surface area contributed by atoms with E-state index in [0.717, 1.165) is 6.42 Å². The summed E-state index contributed by atoms with van der Waals surface area (Å²) in [7, 11) is 0. The van der Waals surface area contributed by atoms with Gasteiger partial charge in [-0.15, -0.1) is 0 Å². The molecular weight excluding hydrogens is 255 g/mol. The predicted octanol–water partition coefficient (Wildman–Crippen LogP) is 2.28. The maximum absolute atomic E-state index is 13.7. The van der Waals surface area contributed by atoms with Crippen molar-refractivity contribution in [3.8, 4) is 0 Å². The van der Waals surface area contributed by atoms with Crippen LogP contribution in [0.5, 0.6) is 0 Å². The standard InChI is InChI=1S/C13H18ClFN2O/c1-8-4-10(7-18-8)13(17-16)6-9-5-11(14)2-3-12(9)15/h2-3,5,8,10,13,17H,4,6-7,16H2,1H3. The van der Waals surface area contributed by atoms with E-state index in [1.54, 1.807) is 12.1 Å². The molecule has 100 valence electrons. The minimum Gasteiger partial charge on any atom is -0.378 e. The minimum absolute atomic E-state index is 0.00270. The highest BCUT2D eigenvalue weighted by atomic mass is 35.5. The van der Waals surface area contributed by atoms with Crippen LogP contribution in [0.4, 0.5) is 4.39 Å². The molecule has 1 heterocycles. The average Bonchev–Trinajstić information content (AvgIpc) is 2.77. The fourth-order valence-corrected chi connectivity index (χ4v) is 2.62. The van der Waals surface area contributed by atoms with Crippen molar-refractivity contribution in [2.45, 2.75) is 31.9 Å². The molecule has 18 heavy (non-hydrogen) atoms. The summed E-state index contributed by atoms with van der Waals surface area (Å²) >= 11 is 5.88. The summed E-state index contributed by atoms with van der Waals surface area (Å²) in [6.45, 7) is 2.70. The van der Waals surface area contributed by atoms with Crippen molar-refractivity contribution in [1.29, 1.82) is 0 Å². The van der Waals surface area contributed by atoms with Gasteiger partial charge in [0.2, 0.25) is 0 Å². The topological polar surface area (TPSA) is 47.3 Å². The molecule has 1 aromatic rings. The molecule has 3 atom stereocenters. The number of hydrogen-bond donors (Lipinski definition) is 2. The van der Waals surface area contributed by atoms with Crippen LogP contribution in [0.25, 0.3) is 0 Å². The lowest BCUT2D eigenvalue weighted by molar-refractivity contribution is 0.117. The van der Waals surface area contributed by atoms with Crippen LogP contribution >= 0.6 is 11.6 Å². The molecule has 0 amide bonds. The molecule has 1 fully saturated rings. The van der Waals surface area contributed by atoms with Crippen molar-refractivity contribution in [3.05, 3.63) is 34.6 Å². The number of hydrogen-bond acceptors (Lipinski definition) is 3. The van der Waals surface area contributed by atoms with E-state index < -0.39 is 0 Å². The van der Waals surface area contributed by atoms with E-state index in [4.69, 9.17) is 22.2 Å². The van der Waals surface area contributed by atoms with Crippen molar-refractivity contribution in [2.24, 2.45) is 11.8 Å². The Hall–Kier alpha value is -0.680. The van der Waals surface area contributed by atoms with Crippen LogP contribution in [0.15, 0.2) is 18.2 Å². The molecule has 3 N–H and O–H groups in total. The van der Waals surface area contributed by atoms with E-state index in [0.29, 0.717) is 29.5 Å². The molecule has 0 bridgehead atoms. The SMILES string of the molecule is CC1CC(C(Cc2cc(Cl)ccc2F)NN)CO1. The number of rotatable bonds is 4. The Balaban J connectivity index is 2.08. The quantitative estimate of drug-likeness (QED) is 0.653. The largest absolute Gasteiger partial charge is 0.378 e. The fourth-order valence-electron chi connectivity index (χ4n) is 2.43. The first-order valence-corrected chi connectivity index (χ1v) is 6.49. The Bertz CT molecular complexity index is 416. The van der Waals surface area contributed by atoms with E-state index in [1.807, 2.05) is 6.92 Å². The third-order valence-corrected chi connectivity index (χ3v) is 3.70. The molecule has 0 spiro atoms. The number of nitrogens with one attached hydrogen (secondary N) is 1. The first kappa shape index (κ1) is 13.7. The number of benzene rings is 1. The minimum atomic E-state index is -0.244. The van der Waals surface area contributed by atoms with Gasteiger partial charge in [-0.25, -0.2) is 4.39 Å². The third kappa shape index (κ3) is 3.20. The number of nitrogens with two attached hydrogens (primary N) is 1. The smallest absolute Gasteiger partial charge is 0.126 e. The zero-order valence-corrected chi connectivity index (χ0v) is 11.1. The summed E-state index contributed by atoms with van der Waals surface area (Å²) in [6, 6.07) is 4.59. The van der Waals surface area contributed by atoms with Crippen molar-refractivity contribution in [3.63, 3.8) is 0 Å².